The Morgan fingerprint density at radius 3 is 2.79 bits per heavy atom. The van der Waals surface area contributed by atoms with Crippen molar-refractivity contribution in [2.24, 2.45) is 0 Å². The van der Waals surface area contributed by atoms with Gasteiger partial charge in [-0.15, -0.1) is 0 Å². The normalized spacial score (nSPS) is 28.7. The fraction of sp³-hybridized carbons (Fsp3) is 0.600. The van der Waals surface area contributed by atoms with E-state index in [0.29, 0.717) is 5.92 Å². The van der Waals surface area contributed by atoms with E-state index >= 15 is 0 Å². The van der Waals surface area contributed by atoms with Gasteiger partial charge in [-0.3, -0.25) is 0 Å². The second kappa shape index (κ2) is 4.25. The lowest BCUT2D eigenvalue weighted by atomic mass is 9.95. The Balaban J connectivity index is 1.97. The first-order valence-electron chi connectivity index (χ1n) is 7.01. The van der Waals surface area contributed by atoms with E-state index in [2.05, 4.69) is 25.7 Å². The zero-order valence-electron chi connectivity index (χ0n) is 12.2. The van der Waals surface area contributed by atoms with Crippen LogP contribution in [0.2, 0.25) is 19.6 Å². The lowest BCUT2D eigenvalue weighted by Gasteiger charge is -2.35. The van der Waals surface area contributed by atoms with Crippen molar-refractivity contribution in [3.63, 3.8) is 0 Å². The van der Waals surface area contributed by atoms with Crippen molar-refractivity contribution in [2.45, 2.75) is 50.6 Å². The van der Waals surface area contributed by atoms with Gasteiger partial charge < -0.3 is 13.9 Å². The molecule has 1 aliphatic carbocycles. The molecule has 1 aromatic carbocycles. The fourth-order valence-corrected chi connectivity index (χ4v) is 4.65. The van der Waals surface area contributed by atoms with Crippen molar-refractivity contribution in [2.75, 3.05) is 7.11 Å². The zero-order chi connectivity index (χ0) is 13.7. The molecule has 1 fully saturated rings. The third kappa shape index (κ3) is 2.17. The van der Waals surface area contributed by atoms with E-state index in [1.54, 1.807) is 7.11 Å². The molecule has 1 aromatic rings. The van der Waals surface area contributed by atoms with Crippen LogP contribution >= 0.6 is 0 Å². The minimum Gasteiger partial charge on any atom is -0.497 e. The Bertz CT molecular complexity index is 495. The van der Waals surface area contributed by atoms with Crippen LogP contribution in [0.25, 0.3) is 0 Å². The van der Waals surface area contributed by atoms with E-state index in [-0.39, 0.29) is 0 Å². The molecule has 1 saturated carbocycles. The summed E-state index contributed by atoms with van der Waals surface area (Å²) >= 11 is 0. The van der Waals surface area contributed by atoms with E-state index in [1.165, 1.54) is 12.0 Å². The number of hydrogen-bond donors (Lipinski definition) is 0. The van der Waals surface area contributed by atoms with Gasteiger partial charge >= 0.3 is 0 Å². The molecule has 0 aromatic heterocycles. The highest BCUT2D eigenvalue weighted by Crippen LogP contribution is 2.55. The molecule has 0 saturated heterocycles. The number of rotatable bonds is 3. The summed E-state index contributed by atoms with van der Waals surface area (Å²) in [5.74, 6) is 1.84. The molecule has 0 amide bonds. The third-order valence-electron chi connectivity index (χ3n) is 3.90. The Morgan fingerprint density at radius 1 is 1.32 bits per heavy atom. The van der Waals surface area contributed by atoms with Crippen LogP contribution in [0.5, 0.6) is 11.5 Å². The predicted octanol–water partition coefficient (Wildman–Crippen LogP) is 3.90. The summed E-state index contributed by atoms with van der Waals surface area (Å²) in [4.78, 5) is 0. The first kappa shape index (κ1) is 13.0. The van der Waals surface area contributed by atoms with Crippen LogP contribution in [0.1, 0.15) is 30.7 Å². The van der Waals surface area contributed by atoms with Crippen molar-refractivity contribution < 1.29 is 13.9 Å². The van der Waals surface area contributed by atoms with Gasteiger partial charge in [0.15, 0.2) is 8.32 Å². The lowest BCUT2D eigenvalue weighted by Crippen LogP contribution is -2.46. The highest BCUT2D eigenvalue weighted by atomic mass is 28.4. The van der Waals surface area contributed by atoms with E-state index in [4.69, 9.17) is 13.9 Å². The van der Waals surface area contributed by atoms with Crippen molar-refractivity contribution >= 4 is 8.32 Å². The first-order valence-corrected chi connectivity index (χ1v) is 10.4. The van der Waals surface area contributed by atoms with Crippen LogP contribution in [-0.2, 0) is 4.43 Å². The molecular weight excluding hydrogens is 256 g/mol. The van der Waals surface area contributed by atoms with Gasteiger partial charge in [0.1, 0.15) is 11.5 Å². The zero-order valence-corrected chi connectivity index (χ0v) is 13.2. The van der Waals surface area contributed by atoms with Crippen LogP contribution in [0, 0.1) is 0 Å². The molecule has 2 atom stereocenters. The quantitative estimate of drug-likeness (QED) is 0.785. The SMILES string of the molecule is COc1ccc2c(c1)C1CCCC1(O[Si](C)(C)C)O2. The average molecular weight is 278 g/mol. The van der Waals surface area contributed by atoms with E-state index in [0.717, 1.165) is 24.3 Å². The second-order valence-corrected chi connectivity index (χ2v) is 10.9. The molecule has 0 radical (unpaired) electrons. The number of hydrogen-bond acceptors (Lipinski definition) is 3. The summed E-state index contributed by atoms with van der Waals surface area (Å²) in [6.07, 6.45) is 3.31. The number of fused-ring (bicyclic) bond motifs is 3. The number of benzene rings is 1. The van der Waals surface area contributed by atoms with E-state index < -0.39 is 14.1 Å². The van der Waals surface area contributed by atoms with Gasteiger partial charge in [-0.2, -0.15) is 0 Å². The Hall–Kier alpha value is -1.00. The molecule has 1 aliphatic heterocycles. The lowest BCUT2D eigenvalue weighted by molar-refractivity contribution is -0.110. The summed E-state index contributed by atoms with van der Waals surface area (Å²) in [5.41, 5.74) is 1.26. The Kier molecular flexibility index (Phi) is 2.91. The van der Waals surface area contributed by atoms with Gasteiger partial charge in [0.25, 0.3) is 0 Å². The molecule has 4 heteroatoms. The molecule has 19 heavy (non-hydrogen) atoms. The van der Waals surface area contributed by atoms with E-state index in [9.17, 15) is 0 Å². The monoisotopic (exact) mass is 278 g/mol. The van der Waals surface area contributed by atoms with Crippen LogP contribution in [-0.4, -0.2) is 21.2 Å². The minimum absolute atomic E-state index is 0.365. The van der Waals surface area contributed by atoms with Gasteiger partial charge in [0, 0.05) is 12.0 Å². The van der Waals surface area contributed by atoms with Crippen LogP contribution < -0.4 is 9.47 Å². The average Bonchev–Trinajstić information content (AvgIpc) is 2.81. The molecule has 3 nitrogen and oxygen atoms in total. The predicted molar refractivity (Wildman–Crippen MR) is 77.4 cm³/mol. The highest BCUT2D eigenvalue weighted by Gasteiger charge is 2.54. The van der Waals surface area contributed by atoms with Crippen LogP contribution in [0.3, 0.4) is 0 Å². The topological polar surface area (TPSA) is 27.7 Å². The molecular formula is C15H22O3Si. The molecule has 104 valence electrons. The molecule has 1 heterocycles. The fourth-order valence-electron chi connectivity index (χ4n) is 3.33. The Morgan fingerprint density at radius 2 is 2.11 bits per heavy atom. The van der Waals surface area contributed by atoms with Crippen molar-refractivity contribution in [3.05, 3.63) is 23.8 Å². The summed E-state index contributed by atoms with van der Waals surface area (Å²) < 4.78 is 18.0. The van der Waals surface area contributed by atoms with Gasteiger partial charge in [-0.05, 0) is 50.7 Å². The maximum Gasteiger partial charge on any atom is 0.208 e. The Labute approximate surface area is 116 Å². The van der Waals surface area contributed by atoms with Gasteiger partial charge in [0.05, 0.1) is 13.0 Å². The first-order chi connectivity index (χ1) is 8.93. The van der Waals surface area contributed by atoms with Gasteiger partial charge in [-0.25, -0.2) is 0 Å². The van der Waals surface area contributed by atoms with Crippen LogP contribution in [0.4, 0.5) is 0 Å². The third-order valence-corrected chi connectivity index (χ3v) is 4.86. The maximum absolute atomic E-state index is 6.44. The van der Waals surface area contributed by atoms with Crippen LogP contribution in [0.15, 0.2) is 18.2 Å². The summed E-state index contributed by atoms with van der Waals surface area (Å²) in [5, 5.41) is 0. The summed E-state index contributed by atoms with van der Waals surface area (Å²) in [6, 6.07) is 6.09. The molecule has 2 aliphatic rings. The second-order valence-electron chi connectivity index (χ2n) is 6.48. The summed E-state index contributed by atoms with van der Waals surface area (Å²) in [6.45, 7) is 6.68. The van der Waals surface area contributed by atoms with Gasteiger partial charge in [0.2, 0.25) is 5.79 Å². The number of ether oxygens (including phenoxy) is 2. The van der Waals surface area contributed by atoms with Crippen molar-refractivity contribution in [1.82, 2.24) is 0 Å². The maximum atomic E-state index is 6.44. The smallest absolute Gasteiger partial charge is 0.208 e. The molecule has 0 bridgehead atoms. The largest absolute Gasteiger partial charge is 0.497 e. The van der Waals surface area contributed by atoms with Crippen molar-refractivity contribution in [3.8, 4) is 11.5 Å². The van der Waals surface area contributed by atoms with Crippen molar-refractivity contribution in [1.29, 1.82) is 0 Å². The minimum atomic E-state index is -1.63. The van der Waals surface area contributed by atoms with Gasteiger partial charge in [-0.1, -0.05) is 0 Å². The molecule has 0 spiro atoms. The molecule has 2 unspecified atom stereocenters. The molecule has 3 rings (SSSR count). The standard InChI is InChI=1S/C15H22O3Si/c1-16-11-7-8-14-12(10-11)13-6-5-9-15(13,17-14)18-19(2,3)4/h7-8,10,13H,5-6,9H2,1-4H3. The number of methoxy groups -OCH3 is 1. The highest BCUT2D eigenvalue weighted by molar-refractivity contribution is 6.69. The summed E-state index contributed by atoms with van der Waals surface area (Å²) in [7, 11) is 0.0717. The molecule has 0 N–H and O–H groups in total. The van der Waals surface area contributed by atoms with E-state index in [1.807, 2.05) is 12.1 Å².